The van der Waals surface area contributed by atoms with Crippen molar-refractivity contribution >= 4 is 15.9 Å². The number of halogens is 2. The van der Waals surface area contributed by atoms with Crippen LogP contribution in [0.2, 0.25) is 0 Å². The maximum absolute atomic E-state index is 13.5. The predicted molar refractivity (Wildman–Crippen MR) is 79.8 cm³/mol. The summed E-state index contributed by atoms with van der Waals surface area (Å²) >= 11 is 3.50. The van der Waals surface area contributed by atoms with Crippen LogP contribution in [0.4, 0.5) is 4.39 Å². The SMILES string of the molecule is CC1CCC(C(NN)c2cc(F)ccc2Br)CC1C. The lowest BCUT2D eigenvalue weighted by atomic mass is 9.72. The maximum Gasteiger partial charge on any atom is 0.123 e. The topological polar surface area (TPSA) is 38.0 Å². The molecule has 3 N–H and O–H groups in total. The minimum absolute atomic E-state index is 0.0139. The van der Waals surface area contributed by atoms with Crippen molar-refractivity contribution in [3.05, 3.63) is 34.1 Å². The lowest BCUT2D eigenvalue weighted by molar-refractivity contribution is 0.171. The number of benzene rings is 1. The summed E-state index contributed by atoms with van der Waals surface area (Å²) in [4.78, 5) is 0. The summed E-state index contributed by atoms with van der Waals surface area (Å²) in [6, 6.07) is 4.81. The first-order valence-electron chi connectivity index (χ1n) is 6.94. The molecule has 1 aromatic rings. The van der Waals surface area contributed by atoms with Crippen LogP contribution in [0.1, 0.15) is 44.7 Å². The summed E-state index contributed by atoms with van der Waals surface area (Å²) in [5.41, 5.74) is 3.82. The molecule has 0 bridgehead atoms. The molecule has 2 nitrogen and oxygen atoms in total. The van der Waals surface area contributed by atoms with Gasteiger partial charge in [0.05, 0.1) is 0 Å². The standard InChI is InChI=1S/C15H22BrFN2/c1-9-3-4-11(7-10(9)2)15(19-18)13-8-12(17)5-6-14(13)16/h5-6,8-11,15,19H,3-4,7,18H2,1-2H3. The normalized spacial score (nSPS) is 29.2. The van der Waals surface area contributed by atoms with Crippen LogP contribution < -0.4 is 11.3 Å². The van der Waals surface area contributed by atoms with Gasteiger partial charge in [-0.1, -0.05) is 36.2 Å². The van der Waals surface area contributed by atoms with E-state index in [1.54, 1.807) is 12.1 Å². The molecule has 19 heavy (non-hydrogen) atoms. The van der Waals surface area contributed by atoms with Crippen molar-refractivity contribution in [3.63, 3.8) is 0 Å². The molecule has 0 radical (unpaired) electrons. The first kappa shape index (κ1) is 14.9. The number of hydrogen-bond donors (Lipinski definition) is 2. The summed E-state index contributed by atoms with van der Waals surface area (Å²) in [5.74, 6) is 7.46. The average molecular weight is 329 g/mol. The highest BCUT2D eigenvalue weighted by Gasteiger charge is 2.31. The lowest BCUT2D eigenvalue weighted by Crippen LogP contribution is -2.37. The second-order valence-corrected chi connectivity index (χ2v) is 6.69. The Morgan fingerprint density at radius 3 is 2.68 bits per heavy atom. The summed E-state index contributed by atoms with van der Waals surface area (Å²) in [6.45, 7) is 4.61. The number of hydrogen-bond acceptors (Lipinski definition) is 2. The van der Waals surface area contributed by atoms with Crippen molar-refractivity contribution in [2.24, 2.45) is 23.6 Å². The minimum Gasteiger partial charge on any atom is -0.271 e. The Hall–Kier alpha value is -0.450. The first-order valence-corrected chi connectivity index (χ1v) is 7.73. The van der Waals surface area contributed by atoms with Gasteiger partial charge >= 0.3 is 0 Å². The third-order valence-corrected chi connectivity index (χ3v) is 5.30. The highest BCUT2D eigenvalue weighted by molar-refractivity contribution is 9.10. The second kappa shape index (κ2) is 6.33. The molecule has 1 aliphatic rings. The molecular weight excluding hydrogens is 307 g/mol. The molecule has 1 aromatic carbocycles. The number of nitrogens with two attached hydrogens (primary N) is 1. The van der Waals surface area contributed by atoms with Gasteiger partial charge in [0.1, 0.15) is 5.82 Å². The minimum atomic E-state index is -0.212. The third kappa shape index (κ3) is 3.36. The van der Waals surface area contributed by atoms with E-state index < -0.39 is 0 Å². The molecule has 4 heteroatoms. The van der Waals surface area contributed by atoms with Gasteiger partial charge in [-0.15, -0.1) is 0 Å². The molecule has 106 valence electrons. The van der Waals surface area contributed by atoms with E-state index in [0.717, 1.165) is 28.8 Å². The Morgan fingerprint density at radius 1 is 1.32 bits per heavy atom. The fraction of sp³-hybridized carbons (Fsp3) is 0.600. The molecule has 1 aliphatic carbocycles. The van der Waals surface area contributed by atoms with E-state index in [1.165, 1.54) is 12.5 Å². The quantitative estimate of drug-likeness (QED) is 0.645. The molecular formula is C15H22BrFN2. The van der Waals surface area contributed by atoms with Crippen LogP contribution in [0.15, 0.2) is 22.7 Å². The molecule has 2 rings (SSSR count). The Balaban J connectivity index is 2.22. The summed E-state index contributed by atoms with van der Waals surface area (Å²) in [6.07, 6.45) is 3.50. The lowest BCUT2D eigenvalue weighted by Gasteiger charge is -2.37. The molecule has 1 fully saturated rings. The van der Waals surface area contributed by atoms with Gasteiger partial charge in [-0.25, -0.2) is 4.39 Å². The summed E-state index contributed by atoms with van der Waals surface area (Å²) < 4.78 is 14.4. The average Bonchev–Trinajstić information content (AvgIpc) is 2.38. The molecule has 4 atom stereocenters. The largest absolute Gasteiger partial charge is 0.271 e. The van der Waals surface area contributed by atoms with E-state index in [4.69, 9.17) is 5.84 Å². The van der Waals surface area contributed by atoms with Gasteiger partial charge in [0.25, 0.3) is 0 Å². The highest BCUT2D eigenvalue weighted by atomic mass is 79.9. The Bertz CT molecular complexity index is 438. The molecule has 0 aliphatic heterocycles. The predicted octanol–water partition coefficient (Wildman–Crippen LogP) is 4.16. The van der Waals surface area contributed by atoms with Crippen LogP contribution in [0.3, 0.4) is 0 Å². The van der Waals surface area contributed by atoms with Gasteiger partial charge < -0.3 is 0 Å². The van der Waals surface area contributed by atoms with E-state index >= 15 is 0 Å². The van der Waals surface area contributed by atoms with E-state index in [1.807, 2.05) is 0 Å². The monoisotopic (exact) mass is 328 g/mol. The summed E-state index contributed by atoms with van der Waals surface area (Å²) in [5, 5.41) is 0. The van der Waals surface area contributed by atoms with E-state index in [2.05, 4.69) is 35.2 Å². The van der Waals surface area contributed by atoms with Gasteiger partial charge in [0, 0.05) is 10.5 Å². The zero-order chi connectivity index (χ0) is 14.0. The summed E-state index contributed by atoms with van der Waals surface area (Å²) in [7, 11) is 0. The first-order chi connectivity index (χ1) is 9.02. The fourth-order valence-electron chi connectivity index (χ4n) is 3.12. The Kier molecular flexibility index (Phi) is 4.98. The second-order valence-electron chi connectivity index (χ2n) is 5.84. The fourth-order valence-corrected chi connectivity index (χ4v) is 3.62. The van der Waals surface area contributed by atoms with E-state index in [0.29, 0.717) is 11.8 Å². The van der Waals surface area contributed by atoms with Gasteiger partial charge in [-0.3, -0.25) is 11.3 Å². The van der Waals surface area contributed by atoms with Gasteiger partial charge in [0.2, 0.25) is 0 Å². The van der Waals surface area contributed by atoms with Crippen LogP contribution in [0, 0.1) is 23.6 Å². The van der Waals surface area contributed by atoms with Crippen LogP contribution in [-0.4, -0.2) is 0 Å². The zero-order valence-corrected chi connectivity index (χ0v) is 13.1. The molecule has 4 unspecified atom stereocenters. The van der Waals surface area contributed by atoms with Crippen molar-refractivity contribution in [3.8, 4) is 0 Å². The van der Waals surface area contributed by atoms with E-state index in [9.17, 15) is 4.39 Å². The van der Waals surface area contributed by atoms with Gasteiger partial charge in [-0.05, 0) is 54.4 Å². The van der Waals surface area contributed by atoms with Gasteiger partial charge in [-0.2, -0.15) is 0 Å². The maximum atomic E-state index is 13.5. The Labute approximate surface area is 123 Å². The van der Waals surface area contributed by atoms with Crippen molar-refractivity contribution in [1.82, 2.24) is 5.43 Å². The molecule has 0 heterocycles. The number of nitrogens with one attached hydrogen (secondary N) is 1. The number of rotatable bonds is 3. The van der Waals surface area contributed by atoms with E-state index in [-0.39, 0.29) is 11.9 Å². The van der Waals surface area contributed by atoms with Crippen molar-refractivity contribution in [2.75, 3.05) is 0 Å². The smallest absolute Gasteiger partial charge is 0.123 e. The van der Waals surface area contributed by atoms with Crippen molar-refractivity contribution < 1.29 is 4.39 Å². The van der Waals surface area contributed by atoms with Crippen molar-refractivity contribution in [1.29, 1.82) is 0 Å². The van der Waals surface area contributed by atoms with Crippen LogP contribution in [-0.2, 0) is 0 Å². The van der Waals surface area contributed by atoms with Crippen LogP contribution in [0.5, 0.6) is 0 Å². The Morgan fingerprint density at radius 2 is 2.05 bits per heavy atom. The molecule has 0 saturated heterocycles. The van der Waals surface area contributed by atoms with Crippen molar-refractivity contribution in [2.45, 2.75) is 39.2 Å². The van der Waals surface area contributed by atoms with Gasteiger partial charge in [0.15, 0.2) is 0 Å². The van der Waals surface area contributed by atoms with Crippen LogP contribution >= 0.6 is 15.9 Å². The third-order valence-electron chi connectivity index (χ3n) is 4.58. The van der Waals surface area contributed by atoms with Crippen LogP contribution in [0.25, 0.3) is 0 Å². The zero-order valence-electron chi connectivity index (χ0n) is 11.5. The number of hydrazine groups is 1. The molecule has 0 spiro atoms. The molecule has 1 saturated carbocycles. The highest BCUT2D eigenvalue weighted by Crippen LogP contribution is 2.41. The molecule has 0 aromatic heterocycles. The molecule has 0 amide bonds.